The number of hydrogen-bond donors (Lipinski definition) is 0. The van der Waals surface area contributed by atoms with Crippen molar-refractivity contribution in [1.29, 1.82) is 0 Å². The van der Waals surface area contributed by atoms with E-state index in [0.29, 0.717) is 21.8 Å². The molecule has 0 aliphatic heterocycles. The molecule has 3 aromatic carbocycles. The van der Waals surface area contributed by atoms with E-state index in [4.69, 9.17) is 20.4 Å². The summed E-state index contributed by atoms with van der Waals surface area (Å²) >= 11 is 5.95. The second-order valence-corrected chi connectivity index (χ2v) is 6.79. The Hall–Kier alpha value is -3.30. The average Bonchev–Trinajstić information content (AvgIpc) is 3.10. The lowest BCUT2D eigenvalue weighted by Gasteiger charge is -2.04. The maximum Gasteiger partial charge on any atom is 0.344 e. The van der Waals surface area contributed by atoms with Crippen LogP contribution in [-0.4, -0.2) is 0 Å². The van der Waals surface area contributed by atoms with Gasteiger partial charge in [0.1, 0.15) is 11.2 Å². The van der Waals surface area contributed by atoms with Gasteiger partial charge >= 0.3 is 5.63 Å². The molecule has 0 saturated carbocycles. The first-order valence-corrected chi connectivity index (χ1v) is 8.87. The summed E-state index contributed by atoms with van der Waals surface area (Å²) in [6.07, 6.45) is 1.73. The first kappa shape index (κ1) is 15.9. The summed E-state index contributed by atoms with van der Waals surface area (Å²) < 4.78 is 11.3. The number of halogens is 1. The van der Waals surface area contributed by atoms with Crippen molar-refractivity contribution in [2.75, 3.05) is 0 Å². The van der Waals surface area contributed by atoms with Crippen molar-refractivity contribution in [1.82, 2.24) is 0 Å². The number of benzene rings is 3. The van der Waals surface area contributed by atoms with Crippen LogP contribution in [0.2, 0.25) is 5.02 Å². The fourth-order valence-electron chi connectivity index (χ4n) is 3.31. The summed E-state index contributed by atoms with van der Waals surface area (Å²) in [6, 6.07) is 22.8. The predicted molar refractivity (Wildman–Crippen MR) is 108 cm³/mol. The highest BCUT2D eigenvalue weighted by atomic mass is 35.5. The minimum atomic E-state index is -0.390. The number of furan rings is 1. The van der Waals surface area contributed by atoms with Crippen LogP contribution in [0.5, 0.6) is 0 Å². The first-order chi connectivity index (χ1) is 13.2. The molecular weight excluding hydrogens is 360 g/mol. The van der Waals surface area contributed by atoms with Gasteiger partial charge in [-0.05, 0) is 35.4 Å². The monoisotopic (exact) mass is 372 g/mol. The largest absolute Gasteiger partial charge is 0.464 e. The molecule has 0 N–H and O–H groups in total. The van der Waals surface area contributed by atoms with Crippen LogP contribution in [0, 0.1) is 0 Å². The van der Waals surface area contributed by atoms with Gasteiger partial charge in [0.2, 0.25) is 0 Å². The highest BCUT2D eigenvalue weighted by molar-refractivity contribution is 6.30. The Morgan fingerprint density at radius 3 is 2.26 bits per heavy atom. The molecule has 0 radical (unpaired) electrons. The van der Waals surface area contributed by atoms with Crippen molar-refractivity contribution < 1.29 is 8.83 Å². The second-order valence-electron chi connectivity index (χ2n) is 6.36. The van der Waals surface area contributed by atoms with Crippen LogP contribution in [0.3, 0.4) is 0 Å². The summed E-state index contributed by atoms with van der Waals surface area (Å²) in [5.41, 5.74) is 4.15. The van der Waals surface area contributed by atoms with Crippen LogP contribution in [0.25, 0.3) is 44.2 Å². The zero-order valence-corrected chi connectivity index (χ0v) is 14.9. The summed E-state index contributed by atoms with van der Waals surface area (Å²) in [4.78, 5) is 12.5. The van der Waals surface area contributed by atoms with E-state index in [2.05, 4.69) is 0 Å². The van der Waals surface area contributed by atoms with E-state index < -0.39 is 0 Å². The molecule has 2 aromatic heterocycles. The van der Waals surface area contributed by atoms with E-state index in [-0.39, 0.29) is 5.63 Å². The molecule has 4 heteroatoms. The van der Waals surface area contributed by atoms with E-state index in [1.165, 1.54) is 0 Å². The molecule has 0 aliphatic rings. The van der Waals surface area contributed by atoms with Crippen molar-refractivity contribution in [3.63, 3.8) is 0 Å². The van der Waals surface area contributed by atoms with Crippen LogP contribution >= 0.6 is 11.6 Å². The van der Waals surface area contributed by atoms with Gasteiger partial charge in [0.25, 0.3) is 0 Å². The predicted octanol–water partition coefficient (Wildman–Crippen LogP) is 6.53. The molecule has 0 bridgehead atoms. The molecular formula is C23H13ClO3. The van der Waals surface area contributed by atoms with Crippen molar-refractivity contribution in [2.45, 2.75) is 0 Å². The number of rotatable bonds is 2. The van der Waals surface area contributed by atoms with E-state index in [1.54, 1.807) is 24.5 Å². The number of hydrogen-bond acceptors (Lipinski definition) is 3. The summed E-state index contributed by atoms with van der Waals surface area (Å²) in [5, 5.41) is 2.44. The molecule has 5 aromatic rings. The third-order valence-electron chi connectivity index (χ3n) is 4.67. The molecule has 3 nitrogen and oxygen atoms in total. The lowest BCUT2D eigenvalue weighted by molar-refractivity contribution is 0.561. The van der Waals surface area contributed by atoms with E-state index in [0.717, 1.165) is 27.5 Å². The smallest absolute Gasteiger partial charge is 0.344 e. The third kappa shape index (κ3) is 2.73. The molecule has 130 valence electrons. The quantitative estimate of drug-likeness (QED) is 0.331. The molecule has 0 aliphatic carbocycles. The van der Waals surface area contributed by atoms with Gasteiger partial charge < -0.3 is 8.83 Å². The lowest BCUT2D eigenvalue weighted by atomic mass is 10.0. The van der Waals surface area contributed by atoms with Crippen molar-refractivity contribution in [2.24, 2.45) is 0 Å². The Morgan fingerprint density at radius 1 is 0.741 bits per heavy atom. The lowest BCUT2D eigenvalue weighted by Crippen LogP contribution is -2.02. The maximum absolute atomic E-state index is 12.5. The maximum atomic E-state index is 12.5. The van der Waals surface area contributed by atoms with Gasteiger partial charge in [-0.15, -0.1) is 0 Å². The van der Waals surface area contributed by atoms with Gasteiger partial charge in [0.15, 0.2) is 0 Å². The van der Waals surface area contributed by atoms with Crippen LogP contribution in [0.1, 0.15) is 0 Å². The van der Waals surface area contributed by atoms with Crippen molar-refractivity contribution >= 4 is 33.5 Å². The third-order valence-corrected chi connectivity index (χ3v) is 4.92. The van der Waals surface area contributed by atoms with Gasteiger partial charge in [-0.3, -0.25) is 0 Å². The van der Waals surface area contributed by atoms with E-state index >= 15 is 0 Å². The second kappa shape index (κ2) is 6.15. The minimum absolute atomic E-state index is 0.390. The topological polar surface area (TPSA) is 43.4 Å². The van der Waals surface area contributed by atoms with E-state index in [9.17, 15) is 4.79 Å². The molecule has 0 amide bonds. The zero-order valence-electron chi connectivity index (χ0n) is 14.1. The fraction of sp³-hybridized carbons (Fsp3) is 0. The van der Waals surface area contributed by atoms with E-state index in [1.807, 2.05) is 54.6 Å². The summed E-state index contributed by atoms with van der Waals surface area (Å²) in [6.45, 7) is 0. The Balaban J connectivity index is 1.75. The molecule has 0 saturated heterocycles. The molecule has 2 heterocycles. The zero-order chi connectivity index (χ0) is 18.4. The highest BCUT2D eigenvalue weighted by Crippen LogP contribution is 2.34. The Morgan fingerprint density at radius 2 is 1.48 bits per heavy atom. The standard InChI is InChI=1S/C23H13ClO3/c24-17-8-6-15(7-9-17)18-10-16-11-19-20(14-4-2-1-3-5-14)13-26-22(19)12-21(16)27-23(18)25/h1-13H. The van der Waals surface area contributed by atoms with Crippen LogP contribution < -0.4 is 5.63 Å². The molecule has 0 spiro atoms. The molecule has 27 heavy (non-hydrogen) atoms. The number of fused-ring (bicyclic) bond motifs is 2. The van der Waals surface area contributed by atoms with Crippen molar-refractivity contribution in [3.05, 3.63) is 94.5 Å². The van der Waals surface area contributed by atoms with Crippen LogP contribution in [0.4, 0.5) is 0 Å². The molecule has 0 unspecified atom stereocenters. The van der Waals surface area contributed by atoms with Gasteiger partial charge in [-0.2, -0.15) is 0 Å². The first-order valence-electron chi connectivity index (χ1n) is 8.49. The molecule has 5 rings (SSSR count). The van der Waals surface area contributed by atoms with Gasteiger partial charge in [-0.1, -0.05) is 54.1 Å². The average molecular weight is 373 g/mol. The molecule has 0 atom stereocenters. The Kier molecular flexibility index (Phi) is 3.62. The SMILES string of the molecule is O=c1oc2cc3occ(-c4ccccc4)c3cc2cc1-c1ccc(Cl)cc1. The van der Waals surface area contributed by atoms with Crippen molar-refractivity contribution in [3.8, 4) is 22.3 Å². The Labute approximate surface area is 159 Å². The van der Waals surface area contributed by atoms with Crippen LogP contribution in [0.15, 0.2) is 92.7 Å². The van der Waals surface area contributed by atoms with Gasteiger partial charge in [0.05, 0.1) is 11.8 Å². The highest BCUT2D eigenvalue weighted by Gasteiger charge is 2.13. The fourth-order valence-corrected chi connectivity index (χ4v) is 3.44. The summed E-state index contributed by atoms with van der Waals surface area (Å²) in [7, 11) is 0. The normalized spacial score (nSPS) is 11.3. The van der Waals surface area contributed by atoms with Crippen LogP contribution in [-0.2, 0) is 0 Å². The Bertz CT molecular complexity index is 1330. The van der Waals surface area contributed by atoms with Gasteiger partial charge in [-0.25, -0.2) is 4.79 Å². The van der Waals surface area contributed by atoms with Gasteiger partial charge in [0, 0.05) is 27.4 Å². The molecule has 0 fully saturated rings. The summed E-state index contributed by atoms with van der Waals surface area (Å²) in [5.74, 6) is 0. The minimum Gasteiger partial charge on any atom is -0.464 e.